The predicted molar refractivity (Wildman–Crippen MR) is 218 cm³/mol. The molecule has 244 valence electrons. The number of benzene rings is 7. The van der Waals surface area contributed by atoms with Crippen LogP contribution in [-0.2, 0) is 0 Å². The molecule has 0 saturated carbocycles. The van der Waals surface area contributed by atoms with Crippen LogP contribution in [0.1, 0.15) is 20.3 Å². The molecule has 2 heteroatoms. The minimum atomic E-state index is 0.960. The molecule has 0 unspecified atom stereocenters. The fourth-order valence-corrected chi connectivity index (χ4v) is 7.79. The van der Waals surface area contributed by atoms with Crippen LogP contribution in [0, 0.1) is 0 Å². The average molecular weight is 655 g/mol. The summed E-state index contributed by atoms with van der Waals surface area (Å²) >= 11 is 0. The van der Waals surface area contributed by atoms with Crippen molar-refractivity contribution in [2.75, 3.05) is 0 Å². The molecule has 0 aliphatic heterocycles. The van der Waals surface area contributed by atoms with Gasteiger partial charge in [-0.1, -0.05) is 134 Å². The SMILES string of the molecule is C/C=c1\c(=C/CC)n(-c2ccc(-c3ccccc3)cc2)c2ccc(-c3ccc4c(c3)c3ccccc3n4-c3ccc(-c4ccccc4)cc3)cc12. The molecule has 0 radical (unpaired) electrons. The van der Waals surface area contributed by atoms with E-state index in [0.29, 0.717) is 0 Å². The monoisotopic (exact) mass is 654 g/mol. The first kappa shape index (κ1) is 30.7. The van der Waals surface area contributed by atoms with Crippen LogP contribution in [0.2, 0.25) is 0 Å². The molecule has 2 aromatic heterocycles. The highest BCUT2D eigenvalue weighted by Crippen LogP contribution is 2.36. The van der Waals surface area contributed by atoms with Gasteiger partial charge in [-0.3, -0.25) is 0 Å². The number of hydrogen-bond acceptors (Lipinski definition) is 0. The Kier molecular flexibility index (Phi) is 7.71. The molecule has 0 amide bonds. The lowest BCUT2D eigenvalue weighted by atomic mass is 10.0. The van der Waals surface area contributed by atoms with E-state index in [1.54, 1.807) is 0 Å². The van der Waals surface area contributed by atoms with Crippen molar-refractivity contribution in [1.82, 2.24) is 9.13 Å². The molecule has 0 aliphatic carbocycles. The van der Waals surface area contributed by atoms with Crippen molar-refractivity contribution >= 4 is 44.9 Å². The van der Waals surface area contributed by atoms with Gasteiger partial charge in [0.25, 0.3) is 0 Å². The molecule has 7 aromatic carbocycles. The standard InChI is InChI=1S/C49H38N2/c1-3-13-46-42(4-2)44-32-38(24-30-48(44)50(46)40-26-20-36(21-27-40)34-14-7-5-8-15-34)39-25-31-49-45(33-39)43-18-11-12-19-47(43)51(49)41-28-22-37(23-29-41)35-16-9-6-10-17-35/h4-33H,3H2,1-2H3/b42-4-,46-13+. The fourth-order valence-electron chi connectivity index (χ4n) is 7.79. The summed E-state index contributed by atoms with van der Waals surface area (Å²) < 4.78 is 4.82. The molecule has 0 bridgehead atoms. The van der Waals surface area contributed by atoms with Crippen LogP contribution in [0.5, 0.6) is 0 Å². The first-order valence-electron chi connectivity index (χ1n) is 17.9. The van der Waals surface area contributed by atoms with Crippen LogP contribution in [-0.4, -0.2) is 9.13 Å². The lowest BCUT2D eigenvalue weighted by molar-refractivity contribution is 1.06. The van der Waals surface area contributed by atoms with Crippen LogP contribution in [0.3, 0.4) is 0 Å². The molecular formula is C49H38N2. The quantitative estimate of drug-likeness (QED) is 0.169. The Balaban J connectivity index is 1.16. The van der Waals surface area contributed by atoms with Gasteiger partial charge in [0.05, 0.1) is 16.6 Å². The first-order chi connectivity index (χ1) is 25.2. The van der Waals surface area contributed by atoms with Crippen molar-refractivity contribution in [1.29, 1.82) is 0 Å². The summed E-state index contributed by atoms with van der Waals surface area (Å²) in [5.74, 6) is 0. The van der Waals surface area contributed by atoms with Gasteiger partial charge in [-0.05, 0) is 101 Å². The average Bonchev–Trinajstić information content (AvgIpc) is 3.70. The van der Waals surface area contributed by atoms with E-state index in [4.69, 9.17) is 0 Å². The molecular weight excluding hydrogens is 617 g/mol. The Hall–Kier alpha value is -6.38. The summed E-state index contributed by atoms with van der Waals surface area (Å²) in [7, 11) is 0. The molecule has 51 heavy (non-hydrogen) atoms. The first-order valence-corrected chi connectivity index (χ1v) is 17.9. The zero-order valence-electron chi connectivity index (χ0n) is 28.9. The van der Waals surface area contributed by atoms with E-state index >= 15 is 0 Å². The summed E-state index contributed by atoms with van der Waals surface area (Å²) in [4.78, 5) is 0. The predicted octanol–water partition coefficient (Wildman–Crippen LogP) is 11.7. The van der Waals surface area contributed by atoms with Gasteiger partial charge in [0.2, 0.25) is 0 Å². The van der Waals surface area contributed by atoms with Gasteiger partial charge in [-0.25, -0.2) is 0 Å². The molecule has 2 heterocycles. The molecule has 9 rings (SSSR count). The Morgan fingerprint density at radius 3 is 1.43 bits per heavy atom. The second-order valence-corrected chi connectivity index (χ2v) is 13.2. The highest BCUT2D eigenvalue weighted by atomic mass is 15.0. The third-order valence-corrected chi connectivity index (χ3v) is 10.2. The van der Waals surface area contributed by atoms with Crippen LogP contribution in [0.4, 0.5) is 0 Å². The highest BCUT2D eigenvalue weighted by molar-refractivity contribution is 6.10. The van der Waals surface area contributed by atoms with Crippen LogP contribution in [0.15, 0.2) is 170 Å². The van der Waals surface area contributed by atoms with Gasteiger partial charge in [0.1, 0.15) is 0 Å². The topological polar surface area (TPSA) is 9.86 Å². The zero-order chi connectivity index (χ0) is 34.3. The maximum atomic E-state index is 2.42. The van der Waals surface area contributed by atoms with Crippen molar-refractivity contribution in [3.05, 3.63) is 180 Å². The largest absolute Gasteiger partial charge is 0.310 e. The van der Waals surface area contributed by atoms with E-state index in [2.05, 4.69) is 205 Å². The van der Waals surface area contributed by atoms with Crippen molar-refractivity contribution in [2.45, 2.75) is 20.3 Å². The number of hydrogen-bond donors (Lipinski definition) is 0. The summed E-state index contributed by atoms with van der Waals surface area (Å²) in [5.41, 5.74) is 13.3. The summed E-state index contributed by atoms with van der Waals surface area (Å²) in [6, 6.07) is 61.8. The van der Waals surface area contributed by atoms with Gasteiger partial charge in [-0.15, -0.1) is 0 Å². The summed E-state index contributed by atoms with van der Waals surface area (Å²) in [6.07, 6.45) is 5.58. The van der Waals surface area contributed by atoms with Gasteiger partial charge in [0.15, 0.2) is 0 Å². The van der Waals surface area contributed by atoms with Crippen molar-refractivity contribution < 1.29 is 0 Å². The van der Waals surface area contributed by atoms with Gasteiger partial charge >= 0.3 is 0 Å². The molecule has 0 fully saturated rings. The smallest absolute Gasteiger partial charge is 0.0541 e. The zero-order valence-corrected chi connectivity index (χ0v) is 28.9. The molecule has 0 N–H and O–H groups in total. The van der Waals surface area contributed by atoms with E-state index in [1.165, 1.54) is 82.3 Å². The van der Waals surface area contributed by atoms with Crippen molar-refractivity contribution in [2.24, 2.45) is 0 Å². The lowest BCUT2D eigenvalue weighted by Crippen LogP contribution is -2.28. The van der Waals surface area contributed by atoms with Crippen molar-refractivity contribution in [3.8, 4) is 44.8 Å². The second kappa shape index (κ2) is 12.8. The van der Waals surface area contributed by atoms with E-state index in [9.17, 15) is 0 Å². The van der Waals surface area contributed by atoms with Crippen LogP contribution >= 0.6 is 0 Å². The molecule has 2 nitrogen and oxygen atoms in total. The maximum absolute atomic E-state index is 2.42. The molecule has 0 aliphatic rings. The van der Waals surface area contributed by atoms with Crippen LogP contribution < -0.4 is 10.6 Å². The molecule has 9 aromatic rings. The normalized spacial score (nSPS) is 12.4. The van der Waals surface area contributed by atoms with Gasteiger partial charge in [0, 0.05) is 38.1 Å². The van der Waals surface area contributed by atoms with E-state index in [0.717, 1.165) is 12.1 Å². The number of rotatable bonds is 6. The summed E-state index contributed by atoms with van der Waals surface area (Å²) in [6.45, 7) is 4.37. The van der Waals surface area contributed by atoms with Gasteiger partial charge < -0.3 is 9.13 Å². The Morgan fingerprint density at radius 1 is 0.412 bits per heavy atom. The van der Waals surface area contributed by atoms with Crippen LogP contribution in [0.25, 0.3) is 89.6 Å². The van der Waals surface area contributed by atoms with E-state index in [-0.39, 0.29) is 0 Å². The Bertz CT molecular complexity index is 2800. The minimum Gasteiger partial charge on any atom is -0.310 e. The molecule has 0 saturated heterocycles. The second-order valence-electron chi connectivity index (χ2n) is 13.2. The number of aromatic nitrogens is 2. The Morgan fingerprint density at radius 2 is 0.863 bits per heavy atom. The maximum Gasteiger partial charge on any atom is 0.0541 e. The highest BCUT2D eigenvalue weighted by Gasteiger charge is 2.15. The number of nitrogens with zero attached hydrogens (tertiary/aromatic N) is 2. The van der Waals surface area contributed by atoms with Crippen molar-refractivity contribution in [3.63, 3.8) is 0 Å². The lowest BCUT2D eigenvalue weighted by Gasteiger charge is -2.10. The minimum absolute atomic E-state index is 0.960. The van der Waals surface area contributed by atoms with Gasteiger partial charge in [-0.2, -0.15) is 0 Å². The number of para-hydroxylation sites is 1. The Labute approximate surface area is 298 Å². The number of fused-ring (bicyclic) bond motifs is 4. The molecule has 0 spiro atoms. The third-order valence-electron chi connectivity index (χ3n) is 10.2. The fraction of sp³-hybridized carbons (Fsp3) is 0.0612. The van der Waals surface area contributed by atoms with E-state index in [1.807, 2.05) is 0 Å². The third kappa shape index (κ3) is 5.28. The van der Waals surface area contributed by atoms with E-state index < -0.39 is 0 Å². The molecule has 0 atom stereocenters. The summed E-state index contributed by atoms with van der Waals surface area (Å²) in [5, 5.41) is 6.31.